The van der Waals surface area contributed by atoms with Gasteiger partial charge < -0.3 is 24.3 Å². The van der Waals surface area contributed by atoms with Crippen molar-refractivity contribution in [1.82, 2.24) is 5.32 Å². The van der Waals surface area contributed by atoms with E-state index < -0.39 is 17.8 Å². The number of amides is 1. The van der Waals surface area contributed by atoms with Crippen molar-refractivity contribution < 1.29 is 38.1 Å². The molecule has 1 aromatic rings. The third kappa shape index (κ3) is 48.9. The fourth-order valence-electron chi connectivity index (χ4n) is 9.08. The number of nitrogens with one attached hydrogen (secondary N) is 1. The van der Waals surface area contributed by atoms with Gasteiger partial charge in [-0.3, -0.25) is 14.4 Å². The van der Waals surface area contributed by atoms with Crippen LogP contribution < -0.4 is 5.32 Å². The van der Waals surface area contributed by atoms with Gasteiger partial charge in [-0.2, -0.15) is 0 Å². The van der Waals surface area contributed by atoms with Gasteiger partial charge >= 0.3 is 24.0 Å². The Morgan fingerprint density at radius 2 is 0.806 bits per heavy atom. The van der Waals surface area contributed by atoms with Crippen LogP contribution in [0.3, 0.4) is 0 Å². The first-order chi connectivity index (χ1) is 35.1. The summed E-state index contributed by atoms with van der Waals surface area (Å²) in [5, 5.41) is 2.67. The Kier molecular flexibility index (Phi) is 46.1. The van der Waals surface area contributed by atoms with E-state index in [9.17, 15) is 19.2 Å². The van der Waals surface area contributed by atoms with E-state index in [1.807, 2.05) is 30.3 Å². The SMILES string of the molecule is CCCCCCCCCCCCCCCC(=O)OC[C@H](CNC(=O)OC(C)(C)C)OC(=O)CCCCCCCCCCCCCC/C=C\CCCCCCCCCCCCCCC(=O)OCc1ccccc1. The molecule has 1 atom stereocenters. The van der Waals surface area contributed by atoms with E-state index in [0.29, 0.717) is 25.9 Å². The van der Waals surface area contributed by atoms with E-state index in [2.05, 4.69) is 24.4 Å². The summed E-state index contributed by atoms with van der Waals surface area (Å²) in [6, 6.07) is 9.88. The predicted molar refractivity (Wildman–Crippen MR) is 300 cm³/mol. The van der Waals surface area contributed by atoms with Crippen LogP contribution in [-0.4, -0.2) is 48.9 Å². The highest BCUT2D eigenvalue weighted by Gasteiger charge is 2.21. The predicted octanol–water partition coefficient (Wildman–Crippen LogP) is 18.7. The van der Waals surface area contributed by atoms with Crippen LogP contribution in [0, 0.1) is 0 Å². The summed E-state index contributed by atoms with van der Waals surface area (Å²) in [6.07, 6.45) is 53.3. The molecule has 0 saturated carbocycles. The average Bonchev–Trinajstić information content (AvgIpc) is 3.35. The van der Waals surface area contributed by atoms with Crippen molar-refractivity contribution in [2.24, 2.45) is 0 Å². The molecular weight excluding hydrogens is 899 g/mol. The summed E-state index contributed by atoms with van der Waals surface area (Å²) < 4.78 is 21.9. The number of rotatable bonds is 51. The number of allylic oxidation sites excluding steroid dienone is 2. The van der Waals surface area contributed by atoms with Crippen molar-refractivity contribution in [1.29, 1.82) is 0 Å². The van der Waals surface area contributed by atoms with Gasteiger partial charge in [0.1, 0.15) is 18.8 Å². The molecule has 1 aromatic carbocycles. The number of carbonyl (C=O) groups is 4. The van der Waals surface area contributed by atoms with Gasteiger partial charge in [0.2, 0.25) is 0 Å². The first kappa shape index (κ1) is 66.7. The molecule has 0 radical (unpaired) electrons. The number of alkyl carbamates (subject to hydrolysis) is 1. The molecule has 0 aliphatic carbocycles. The molecule has 0 unspecified atom stereocenters. The minimum atomic E-state index is -0.758. The Hall–Kier alpha value is -3.36. The molecule has 416 valence electrons. The van der Waals surface area contributed by atoms with Crippen molar-refractivity contribution in [2.45, 2.75) is 316 Å². The van der Waals surface area contributed by atoms with Crippen molar-refractivity contribution >= 4 is 24.0 Å². The van der Waals surface area contributed by atoms with Gasteiger partial charge in [-0.25, -0.2) is 4.79 Å². The fourth-order valence-corrected chi connectivity index (χ4v) is 9.08. The Morgan fingerprint density at radius 3 is 1.19 bits per heavy atom. The monoisotopic (exact) mass is 1010 g/mol. The molecule has 0 heterocycles. The van der Waals surface area contributed by atoms with Crippen molar-refractivity contribution in [2.75, 3.05) is 13.2 Å². The van der Waals surface area contributed by atoms with Crippen LogP contribution in [-0.2, 0) is 39.9 Å². The van der Waals surface area contributed by atoms with Crippen LogP contribution >= 0.6 is 0 Å². The molecule has 0 bridgehead atoms. The van der Waals surface area contributed by atoms with Crippen LogP contribution in [0.15, 0.2) is 42.5 Å². The van der Waals surface area contributed by atoms with Crippen LogP contribution in [0.5, 0.6) is 0 Å². The second-order valence-electron chi connectivity index (χ2n) is 21.9. The van der Waals surface area contributed by atoms with E-state index in [0.717, 1.165) is 56.9 Å². The zero-order valence-electron chi connectivity index (χ0n) is 47.2. The zero-order valence-corrected chi connectivity index (χ0v) is 47.2. The molecule has 0 aliphatic heterocycles. The highest BCUT2D eigenvalue weighted by Crippen LogP contribution is 2.18. The van der Waals surface area contributed by atoms with E-state index in [1.54, 1.807) is 20.8 Å². The Morgan fingerprint density at radius 1 is 0.458 bits per heavy atom. The second-order valence-corrected chi connectivity index (χ2v) is 21.9. The molecule has 0 fully saturated rings. The normalized spacial score (nSPS) is 12.0. The molecule has 1 rings (SSSR count). The lowest BCUT2D eigenvalue weighted by atomic mass is 10.0. The zero-order chi connectivity index (χ0) is 52.3. The fraction of sp³-hybridized carbons (Fsp3) is 0.810. The van der Waals surface area contributed by atoms with Crippen LogP contribution in [0.25, 0.3) is 0 Å². The molecule has 0 aliphatic rings. The maximum Gasteiger partial charge on any atom is 0.407 e. The summed E-state index contributed by atoms with van der Waals surface area (Å²) in [7, 11) is 0. The third-order valence-corrected chi connectivity index (χ3v) is 13.5. The van der Waals surface area contributed by atoms with Gasteiger partial charge in [0.25, 0.3) is 0 Å². The molecule has 1 N–H and O–H groups in total. The number of esters is 3. The first-order valence-corrected chi connectivity index (χ1v) is 30.3. The minimum absolute atomic E-state index is 0.0241. The lowest BCUT2D eigenvalue weighted by Crippen LogP contribution is -2.40. The highest BCUT2D eigenvalue weighted by atomic mass is 16.6. The van der Waals surface area contributed by atoms with E-state index in [-0.39, 0.29) is 31.1 Å². The molecule has 9 nitrogen and oxygen atoms in total. The van der Waals surface area contributed by atoms with Gasteiger partial charge in [-0.05, 0) is 71.3 Å². The van der Waals surface area contributed by atoms with Crippen molar-refractivity contribution in [3.8, 4) is 0 Å². The quantitative estimate of drug-likeness (QED) is 0.0297. The lowest BCUT2D eigenvalue weighted by molar-refractivity contribution is -0.159. The maximum atomic E-state index is 12.8. The first-order valence-electron chi connectivity index (χ1n) is 30.3. The third-order valence-electron chi connectivity index (χ3n) is 13.5. The number of unbranched alkanes of at least 4 members (excludes halogenated alkanes) is 36. The second kappa shape index (κ2) is 49.8. The smallest absolute Gasteiger partial charge is 0.407 e. The number of benzene rings is 1. The molecule has 9 heteroatoms. The Labute approximate surface area is 442 Å². The van der Waals surface area contributed by atoms with Gasteiger partial charge in [0.05, 0.1) is 6.54 Å². The highest BCUT2D eigenvalue weighted by molar-refractivity contribution is 5.71. The van der Waals surface area contributed by atoms with E-state index >= 15 is 0 Å². The summed E-state index contributed by atoms with van der Waals surface area (Å²) >= 11 is 0. The largest absolute Gasteiger partial charge is 0.462 e. The van der Waals surface area contributed by atoms with Crippen molar-refractivity contribution in [3.05, 3.63) is 48.0 Å². The summed E-state index contributed by atoms with van der Waals surface area (Å²) in [4.78, 5) is 49.5. The molecular formula is C63H111NO8. The molecule has 72 heavy (non-hydrogen) atoms. The van der Waals surface area contributed by atoms with Crippen LogP contribution in [0.2, 0.25) is 0 Å². The standard InChI is InChI=1S/C63H111NO8/c1-5-6-7-8-9-10-11-28-31-35-38-41-47-52-60(66)70-56-58(54-64-62(68)72-63(2,3)4)71-61(67)53-48-42-39-36-33-30-27-25-23-21-19-17-15-13-12-14-16-18-20-22-24-26-29-32-34-37-40-46-51-59(65)69-55-57-49-44-43-45-50-57/h12-13,43-45,49-50,58H,5-11,14-42,46-48,51-56H2,1-4H3,(H,64,68)/b13-12-/t58-/m0/s1. The number of hydrogen-bond donors (Lipinski definition) is 1. The molecule has 0 aromatic heterocycles. The summed E-state index contributed by atoms with van der Waals surface area (Å²) in [5.41, 5.74) is 0.399. The molecule has 0 spiro atoms. The maximum absolute atomic E-state index is 12.8. The van der Waals surface area contributed by atoms with Gasteiger partial charge in [-0.15, -0.1) is 0 Å². The molecule has 0 saturated heterocycles. The Balaban J connectivity index is 1.94. The minimum Gasteiger partial charge on any atom is -0.462 e. The van der Waals surface area contributed by atoms with Crippen LogP contribution in [0.1, 0.15) is 303 Å². The summed E-state index contributed by atoms with van der Waals surface area (Å²) in [6.45, 7) is 7.97. The summed E-state index contributed by atoms with van der Waals surface area (Å²) in [5.74, 6) is -0.696. The van der Waals surface area contributed by atoms with Crippen molar-refractivity contribution in [3.63, 3.8) is 0 Å². The van der Waals surface area contributed by atoms with Crippen LogP contribution in [0.4, 0.5) is 4.79 Å². The van der Waals surface area contributed by atoms with Gasteiger partial charge in [0.15, 0.2) is 6.10 Å². The number of hydrogen-bond acceptors (Lipinski definition) is 8. The average molecular weight is 1010 g/mol. The van der Waals surface area contributed by atoms with E-state index in [4.69, 9.17) is 18.9 Å². The van der Waals surface area contributed by atoms with Gasteiger partial charge in [-0.1, -0.05) is 255 Å². The molecule has 1 amide bonds. The topological polar surface area (TPSA) is 117 Å². The van der Waals surface area contributed by atoms with Gasteiger partial charge in [0, 0.05) is 19.3 Å². The number of carbonyl (C=O) groups excluding carboxylic acids is 4. The Bertz CT molecular complexity index is 1420. The lowest BCUT2D eigenvalue weighted by Gasteiger charge is -2.22. The number of ether oxygens (including phenoxy) is 4. The van der Waals surface area contributed by atoms with E-state index in [1.165, 1.54) is 199 Å².